The third-order valence-corrected chi connectivity index (χ3v) is 4.85. The van der Waals surface area contributed by atoms with E-state index in [2.05, 4.69) is 44.6 Å². The third kappa shape index (κ3) is 3.39. The Hall–Kier alpha value is -0.260. The van der Waals surface area contributed by atoms with Gasteiger partial charge in [0.1, 0.15) is 10.5 Å². The van der Waals surface area contributed by atoms with Crippen molar-refractivity contribution in [3.8, 4) is 0 Å². The van der Waals surface area contributed by atoms with E-state index in [4.69, 9.17) is 12.2 Å². The Morgan fingerprint density at radius 2 is 2.06 bits per heavy atom. The molecule has 18 heavy (non-hydrogen) atoms. The van der Waals surface area contributed by atoms with E-state index in [0.29, 0.717) is 10.6 Å². The zero-order chi connectivity index (χ0) is 13.1. The summed E-state index contributed by atoms with van der Waals surface area (Å²) in [6, 6.07) is 0. The predicted molar refractivity (Wildman–Crippen MR) is 80.6 cm³/mol. The molecule has 2 rings (SSSR count). The second-order valence-electron chi connectivity index (χ2n) is 4.77. The molecule has 1 heterocycles. The summed E-state index contributed by atoms with van der Waals surface area (Å²) in [5.41, 5.74) is 1.25. The zero-order valence-electron chi connectivity index (χ0n) is 11.0. The van der Waals surface area contributed by atoms with Crippen LogP contribution in [0.2, 0.25) is 0 Å². The van der Waals surface area contributed by atoms with Gasteiger partial charge in [0, 0.05) is 24.6 Å². The highest BCUT2D eigenvalue weighted by Gasteiger charge is 2.27. The Kier molecular flexibility index (Phi) is 4.92. The first-order valence-corrected chi connectivity index (χ1v) is 7.86. The van der Waals surface area contributed by atoms with Gasteiger partial charge in [0.05, 0.1) is 4.47 Å². The van der Waals surface area contributed by atoms with Gasteiger partial charge in [-0.25, -0.2) is 4.98 Å². The lowest BCUT2D eigenvalue weighted by Crippen LogP contribution is -2.26. The largest absolute Gasteiger partial charge is 0.346 e. The Labute approximate surface area is 122 Å². The Morgan fingerprint density at radius 3 is 2.61 bits per heavy atom. The summed E-state index contributed by atoms with van der Waals surface area (Å²) < 4.78 is 1.69. The quantitative estimate of drug-likeness (QED) is 0.808. The van der Waals surface area contributed by atoms with E-state index in [-0.39, 0.29) is 0 Å². The number of aromatic amines is 1. The van der Waals surface area contributed by atoms with Crippen molar-refractivity contribution in [1.29, 1.82) is 0 Å². The Morgan fingerprint density at radius 1 is 1.39 bits per heavy atom. The number of H-pyrrole nitrogens is 1. The van der Waals surface area contributed by atoms with Gasteiger partial charge in [0.25, 0.3) is 0 Å². The van der Waals surface area contributed by atoms with Gasteiger partial charge in [-0.15, -0.1) is 0 Å². The van der Waals surface area contributed by atoms with Crippen LogP contribution in [0.5, 0.6) is 0 Å². The molecule has 1 aliphatic rings. The lowest BCUT2D eigenvalue weighted by Gasteiger charge is -2.17. The lowest BCUT2D eigenvalue weighted by molar-refractivity contribution is 0.305. The zero-order valence-corrected chi connectivity index (χ0v) is 13.4. The van der Waals surface area contributed by atoms with E-state index in [0.717, 1.165) is 36.4 Å². The summed E-state index contributed by atoms with van der Waals surface area (Å²) >= 11 is 8.87. The molecule has 0 bridgehead atoms. The van der Waals surface area contributed by atoms with Gasteiger partial charge in [-0.3, -0.25) is 0 Å². The normalized spacial score (nSPS) is 15.3. The average molecular weight is 330 g/mol. The highest BCUT2D eigenvalue weighted by Crippen LogP contribution is 2.42. The van der Waals surface area contributed by atoms with Gasteiger partial charge in [0.2, 0.25) is 0 Å². The first kappa shape index (κ1) is 14.2. The molecule has 0 amide bonds. The maximum Gasteiger partial charge on any atom is 0.144 e. The molecule has 0 aliphatic heterocycles. The minimum absolute atomic E-state index is 0.663. The molecule has 0 spiro atoms. The Balaban J connectivity index is 2.11. The van der Waals surface area contributed by atoms with Crippen LogP contribution in [0.3, 0.4) is 0 Å². The van der Waals surface area contributed by atoms with Crippen molar-refractivity contribution < 1.29 is 0 Å². The van der Waals surface area contributed by atoms with E-state index in [1.807, 2.05) is 0 Å². The molecule has 1 aromatic heterocycles. The predicted octanol–water partition coefficient (Wildman–Crippen LogP) is 3.66. The Bertz CT molecular complexity index is 464. The van der Waals surface area contributed by atoms with Crippen LogP contribution < -0.4 is 0 Å². The molecule has 3 nitrogen and oxygen atoms in total. The van der Waals surface area contributed by atoms with Crippen LogP contribution in [0, 0.1) is 4.64 Å². The number of hydrogen-bond acceptors (Lipinski definition) is 3. The molecule has 1 aromatic rings. The molecule has 0 aromatic carbocycles. The molecule has 0 atom stereocenters. The van der Waals surface area contributed by atoms with E-state index >= 15 is 0 Å². The summed E-state index contributed by atoms with van der Waals surface area (Å²) in [4.78, 5) is 10.3. The van der Waals surface area contributed by atoms with Crippen molar-refractivity contribution in [1.82, 2.24) is 14.9 Å². The molecular formula is C13H20BrN3S. The second kappa shape index (κ2) is 6.26. The van der Waals surface area contributed by atoms with Crippen LogP contribution >= 0.6 is 28.1 Å². The number of aromatic nitrogens is 2. The van der Waals surface area contributed by atoms with Crippen molar-refractivity contribution in [2.75, 3.05) is 19.6 Å². The number of rotatable bonds is 6. The SMILES string of the molecule is CCN(CC)CCc1nc(=S)c(Br)c(C2CC2)[nH]1. The van der Waals surface area contributed by atoms with E-state index in [9.17, 15) is 0 Å². The summed E-state index contributed by atoms with van der Waals surface area (Å²) in [6.45, 7) is 7.59. The molecule has 0 saturated heterocycles. The number of nitrogens with zero attached hydrogens (tertiary/aromatic N) is 2. The fourth-order valence-corrected chi connectivity index (χ4v) is 2.83. The fraction of sp³-hybridized carbons (Fsp3) is 0.692. The van der Waals surface area contributed by atoms with Gasteiger partial charge in [0.15, 0.2) is 0 Å². The number of halogens is 1. The molecule has 1 saturated carbocycles. The van der Waals surface area contributed by atoms with Gasteiger partial charge in [-0.1, -0.05) is 26.1 Å². The molecule has 0 radical (unpaired) electrons. The van der Waals surface area contributed by atoms with Crippen molar-refractivity contribution in [2.24, 2.45) is 0 Å². The van der Waals surface area contributed by atoms with Gasteiger partial charge >= 0.3 is 0 Å². The fourth-order valence-electron chi connectivity index (χ4n) is 2.10. The first-order valence-electron chi connectivity index (χ1n) is 6.66. The molecule has 1 fully saturated rings. The van der Waals surface area contributed by atoms with E-state index in [1.54, 1.807) is 0 Å². The summed E-state index contributed by atoms with van der Waals surface area (Å²) in [6.07, 6.45) is 3.48. The highest BCUT2D eigenvalue weighted by molar-refractivity contribution is 9.10. The summed E-state index contributed by atoms with van der Waals surface area (Å²) in [5.74, 6) is 1.69. The standard InChI is InChI=1S/C13H20BrN3S/c1-3-17(4-2)8-7-10-15-12(9-5-6-9)11(14)13(18)16-10/h9H,3-8H2,1-2H3,(H,15,16,18). The highest BCUT2D eigenvalue weighted by atomic mass is 79.9. The van der Waals surface area contributed by atoms with Gasteiger partial charge in [-0.05, 0) is 41.9 Å². The van der Waals surface area contributed by atoms with Crippen molar-refractivity contribution in [2.45, 2.75) is 39.0 Å². The van der Waals surface area contributed by atoms with E-state index < -0.39 is 0 Å². The van der Waals surface area contributed by atoms with Crippen LogP contribution in [0.15, 0.2) is 4.47 Å². The summed E-state index contributed by atoms with van der Waals surface area (Å²) in [7, 11) is 0. The minimum atomic E-state index is 0.663. The van der Waals surface area contributed by atoms with Crippen LogP contribution in [0.25, 0.3) is 0 Å². The molecule has 1 N–H and O–H groups in total. The van der Waals surface area contributed by atoms with Gasteiger partial charge in [-0.2, -0.15) is 0 Å². The number of nitrogens with one attached hydrogen (secondary N) is 1. The van der Waals surface area contributed by atoms with Crippen molar-refractivity contribution in [3.63, 3.8) is 0 Å². The number of likely N-dealkylation sites (N-methyl/N-ethyl adjacent to an activating group) is 1. The van der Waals surface area contributed by atoms with Crippen molar-refractivity contribution >= 4 is 28.1 Å². The van der Waals surface area contributed by atoms with Crippen LogP contribution in [-0.4, -0.2) is 34.5 Å². The molecule has 0 unspecified atom stereocenters. The molecule has 100 valence electrons. The third-order valence-electron chi connectivity index (χ3n) is 3.48. The van der Waals surface area contributed by atoms with Crippen LogP contribution in [-0.2, 0) is 6.42 Å². The first-order chi connectivity index (χ1) is 8.65. The average Bonchev–Trinajstić information content (AvgIpc) is 3.18. The van der Waals surface area contributed by atoms with Crippen LogP contribution in [0.1, 0.15) is 44.1 Å². The lowest BCUT2D eigenvalue weighted by atomic mass is 10.2. The molecule has 5 heteroatoms. The smallest absolute Gasteiger partial charge is 0.144 e. The van der Waals surface area contributed by atoms with Crippen LogP contribution in [0.4, 0.5) is 0 Å². The summed E-state index contributed by atoms with van der Waals surface area (Å²) in [5, 5.41) is 0. The monoisotopic (exact) mass is 329 g/mol. The number of hydrogen-bond donors (Lipinski definition) is 1. The van der Waals surface area contributed by atoms with E-state index in [1.165, 1.54) is 18.5 Å². The molecule has 1 aliphatic carbocycles. The molecular weight excluding hydrogens is 310 g/mol. The van der Waals surface area contributed by atoms with Crippen molar-refractivity contribution in [3.05, 3.63) is 20.6 Å². The maximum atomic E-state index is 5.32. The maximum absolute atomic E-state index is 5.32. The second-order valence-corrected chi connectivity index (χ2v) is 5.95. The minimum Gasteiger partial charge on any atom is -0.346 e. The topological polar surface area (TPSA) is 31.9 Å². The van der Waals surface area contributed by atoms with Gasteiger partial charge < -0.3 is 9.88 Å².